The van der Waals surface area contributed by atoms with E-state index in [-0.39, 0.29) is 6.61 Å². The first kappa shape index (κ1) is 9.56. The molecule has 0 aliphatic carbocycles. The van der Waals surface area contributed by atoms with Crippen molar-refractivity contribution in [3.8, 4) is 5.75 Å². The highest BCUT2D eigenvalue weighted by atomic mass is 16.5. The molecule has 0 aliphatic rings. The molecule has 3 nitrogen and oxygen atoms in total. The molecule has 0 radical (unpaired) electrons. The van der Waals surface area contributed by atoms with E-state index >= 15 is 0 Å². The first-order valence-corrected chi connectivity index (χ1v) is 4.08. The Hall–Kier alpha value is -1.53. The third-order valence-corrected chi connectivity index (χ3v) is 1.54. The van der Waals surface area contributed by atoms with Gasteiger partial charge in [-0.15, -0.1) is 0 Å². The third-order valence-electron chi connectivity index (χ3n) is 1.54. The maximum Gasteiger partial charge on any atom is 0.187 e. The van der Waals surface area contributed by atoms with Gasteiger partial charge in [0.05, 0.1) is 13.2 Å². The summed E-state index contributed by atoms with van der Waals surface area (Å²) in [6, 6.07) is 6.93. The first-order valence-electron chi connectivity index (χ1n) is 4.08. The molecule has 1 N–H and O–H groups in total. The molecule has 1 aromatic carbocycles. The monoisotopic (exact) mass is 177 g/mol. The second-order valence-corrected chi connectivity index (χ2v) is 2.53. The lowest BCUT2D eigenvalue weighted by atomic mass is 10.3. The average molecular weight is 177 g/mol. The van der Waals surface area contributed by atoms with Crippen LogP contribution in [0.4, 0.5) is 5.69 Å². The van der Waals surface area contributed by atoms with E-state index in [1.54, 1.807) is 24.3 Å². The molecule has 0 saturated carbocycles. The molecular weight excluding hydrogens is 166 g/mol. The molecule has 1 aromatic rings. The lowest BCUT2D eigenvalue weighted by molar-refractivity contribution is 0.233. The number of benzene rings is 1. The SMILES string of the molecule is [C-]#[N+]c1ccc(OCCCO)cc1. The molecule has 0 unspecified atom stereocenters. The summed E-state index contributed by atoms with van der Waals surface area (Å²) in [5.41, 5.74) is 0.606. The molecule has 0 aromatic heterocycles. The van der Waals surface area contributed by atoms with Gasteiger partial charge in [-0.1, -0.05) is 12.1 Å². The van der Waals surface area contributed by atoms with Gasteiger partial charge in [0.2, 0.25) is 0 Å². The van der Waals surface area contributed by atoms with E-state index in [0.29, 0.717) is 18.7 Å². The smallest absolute Gasteiger partial charge is 0.187 e. The number of aliphatic hydroxyl groups is 1. The summed E-state index contributed by atoms with van der Waals surface area (Å²) in [5.74, 6) is 0.737. The average Bonchev–Trinajstić information content (AvgIpc) is 2.19. The van der Waals surface area contributed by atoms with Crippen molar-refractivity contribution in [1.29, 1.82) is 0 Å². The zero-order valence-corrected chi connectivity index (χ0v) is 7.23. The number of rotatable bonds is 4. The van der Waals surface area contributed by atoms with Crippen LogP contribution >= 0.6 is 0 Å². The highest BCUT2D eigenvalue weighted by Crippen LogP contribution is 2.17. The second-order valence-electron chi connectivity index (χ2n) is 2.53. The number of hydrogen-bond acceptors (Lipinski definition) is 2. The van der Waals surface area contributed by atoms with E-state index in [0.717, 1.165) is 5.75 Å². The Balaban J connectivity index is 2.46. The third kappa shape index (κ3) is 3.14. The van der Waals surface area contributed by atoms with Crippen LogP contribution in [0.3, 0.4) is 0 Å². The molecule has 0 spiro atoms. The van der Waals surface area contributed by atoms with Gasteiger partial charge in [0, 0.05) is 13.0 Å². The number of hydrogen-bond donors (Lipinski definition) is 1. The van der Waals surface area contributed by atoms with E-state index in [1.165, 1.54) is 0 Å². The van der Waals surface area contributed by atoms with Gasteiger partial charge in [0.15, 0.2) is 5.69 Å². The van der Waals surface area contributed by atoms with Crippen molar-refractivity contribution in [3.05, 3.63) is 35.7 Å². The minimum Gasteiger partial charge on any atom is -0.494 e. The maximum atomic E-state index is 8.51. The molecule has 1 rings (SSSR count). The molecule has 0 fully saturated rings. The normalized spacial score (nSPS) is 9.23. The predicted octanol–water partition coefficient (Wildman–Crippen LogP) is 2.00. The summed E-state index contributed by atoms with van der Waals surface area (Å²) < 4.78 is 5.28. The van der Waals surface area contributed by atoms with E-state index in [1.807, 2.05) is 0 Å². The predicted molar refractivity (Wildman–Crippen MR) is 49.9 cm³/mol. The Morgan fingerprint density at radius 1 is 1.31 bits per heavy atom. The maximum absolute atomic E-state index is 8.51. The van der Waals surface area contributed by atoms with Gasteiger partial charge in [-0.2, -0.15) is 0 Å². The van der Waals surface area contributed by atoms with Crippen LogP contribution in [-0.4, -0.2) is 18.3 Å². The Labute approximate surface area is 77.4 Å². The van der Waals surface area contributed by atoms with Gasteiger partial charge in [0.1, 0.15) is 5.75 Å². The van der Waals surface area contributed by atoms with Crippen molar-refractivity contribution < 1.29 is 9.84 Å². The molecule has 0 atom stereocenters. The van der Waals surface area contributed by atoms with Crippen LogP contribution in [-0.2, 0) is 0 Å². The van der Waals surface area contributed by atoms with Crippen molar-refractivity contribution in [2.24, 2.45) is 0 Å². The molecule has 0 amide bonds. The molecular formula is C10H11NO2. The summed E-state index contributed by atoms with van der Waals surface area (Å²) in [4.78, 5) is 3.26. The van der Waals surface area contributed by atoms with E-state index in [9.17, 15) is 0 Å². The van der Waals surface area contributed by atoms with Gasteiger partial charge in [-0.25, -0.2) is 4.85 Å². The summed E-state index contributed by atoms with van der Waals surface area (Å²) in [6.07, 6.45) is 0.630. The molecule has 13 heavy (non-hydrogen) atoms. The molecule has 0 heterocycles. The van der Waals surface area contributed by atoms with Gasteiger partial charge < -0.3 is 9.84 Å². The van der Waals surface area contributed by atoms with Crippen molar-refractivity contribution in [2.75, 3.05) is 13.2 Å². The zero-order valence-electron chi connectivity index (χ0n) is 7.23. The summed E-state index contributed by atoms with van der Waals surface area (Å²) in [5, 5.41) is 8.51. The van der Waals surface area contributed by atoms with Crippen molar-refractivity contribution >= 4 is 5.69 Å². The minimum atomic E-state index is 0.139. The Morgan fingerprint density at radius 3 is 2.54 bits per heavy atom. The van der Waals surface area contributed by atoms with Crippen molar-refractivity contribution in [3.63, 3.8) is 0 Å². The van der Waals surface area contributed by atoms with Crippen molar-refractivity contribution in [2.45, 2.75) is 6.42 Å². The fourth-order valence-electron chi connectivity index (χ4n) is 0.871. The van der Waals surface area contributed by atoms with Crippen LogP contribution in [0.2, 0.25) is 0 Å². The number of ether oxygens (including phenoxy) is 1. The first-order chi connectivity index (χ1) is 6.36. The van der Waals surface area contributed by atoms with Crippen LogP contribution in [0.1, 0.15) is 6.42 Å². The molecule has 0 saturated heterocycles. The Kier molecular flexibility index (Phi) is 3.80. The van der Waals surface area contributed by atoms with Gasteiger partial charge in [-0.05, 0) is 12.1 Å². The van der Waals surface area contributed by atoms with Gasteiger partial charge in [-0.3, -0.25) is 0 Å². The van der Waals surface area contributed by atoms with Crippen LogP contribution in [0.15, 0.2) is 24.3 Å². The van der Waals surface area contributed by atoms with Gasteiger partial charge in [0.25, 0.3) is 0 Å². The summed E-state index contributed by atoms with van der Waals surface area (Å²) in [7, 11) is 0. The fraction of sp³-hybridized carbons (Fsp3) is 0.300. The fourth-order valence-corrected chi connectivity index (χ4v) is 0.871. The van der Waals surface area contributed by atoms with E-state index in [4.69, 9.17) is 16.4 Å². The highest BCUT2D eigenvalue weighted by molar-refractivity contribution is 5.46. The topological polar surface area (TPSA) is 33.8 Å². The lowest BCUT2D eigenvalue weighted by Gasteiger charge is -2.03. The molecule has 0 aliphatic heterocycles. The quantitative estimate of drug-likeness (QED) is 0.563. The minimum absolute atomic E-state index is 0.139. The standard InChI is InChI=1S/C10H11NO2/c1-11-9-3-5-10(6-4-9)13-8-2-7-12/h3-6,12H,2,7-8H2. The highest BCUT2D eigenvalue weighted by Gasteiger charge is 1.93. The zero-order chi connectivity index (χ0) is 9.52. The van der Waals surface area contributed by atoms with Crippen LogP contribution in [0.25, 0.3) is 4.85 Å². The number of nitrogens with zero attached hydrogens (tertiary/aromatic N) is 1. The van der Waals surface area contributed by atoms with E-state index in [2.05, 4.69) is 4.85 Å². The summed E-state index contributed by atoms with van der Waals surface area (Å²) in [6.45, 7) is 7.38. The van der Waals surface area contributed by atoms with Crippen molar-refractivity contribution in [1.82, 2.24) is 0 Å². The summed E-state index contributed by atoms with van der Waals surface area (Å²) >= 11 is 0. The lowest BCUT2D eigenvalue weighted by Crippen LogP contribution is -1.98. The molecule has 68 valence electrons. The van der Waals surface area contributed by atoms with Crippen LogP contribution in [0.5, 0.6) is 5.75 Å². The van der Waals surface area contributed by atoms with Crippen LogP contribution < -0.4 is 4.74 Å². The molecule has 0 bridgehead atoms. The Bertz CT molecular complexity index is 287. The van der Waals surface area contributed by atoms with Gasteiger partial charge >= 0.3 is 0 Å². The largest absolute Gasteiger partial charge is 0.494 e. The Morgan fingerprint density at radius 2 is 2.00 bits per heavy atom. The molecule has 3 heteroatoms. The number of aliphatic hydroxyl groups excluding tert-OH is 1. The van der Waals surface area contributed by atoms with E-state index < -0.39 is 0 Å². The van der Waals surface area contributed by atoms with Crippen LogP contribution in [0, 0.1) is 6.57 Å². The second kappa shape index (κ2) is 5.18.